The minimum atomic E-state index is -0.584. The molecule has 4 heteroatoms. The van der Waals surface area contributed by atoms with Crippen LogP contribution in [0.5, 0.6) is 0 Å². The molecule has 86 valence electrons. The van der Waals surface area contributed by atoms with Crippen LogP contribution in [-0.4, -0.2) is 37.1 Å². The molecule has 0 saturated carbocycles. The minimum Gasteiger partial charge on any atom is -0.378 e. The minimum absolute atomic E-state index is 0.0313. The number of hydrogen-bond acceptors (Lipinski definition) is 2. The average molecular weight is 240 g/mol. The van der Waals surface area contributed by atoms with Crippen LogP contribution in [0.25, 0.3) is 0 Å². The SMILES string of the molecule is O=C([C@H](Cl)c1ccccc1)N1CCOCC1. The maximum atomic E-state index is 12.0. The van der Waals surface area contributed by atoms with Gasteiger partial charge in [-0.3, -0.25) is 4.79 Å². The summed E-state index contributed by atoms with van der Waals surface area (Å²) in [7, 11) is 0. The summed E-state index contributed by atoms with van der Waals surface area (Å²) < 4.78 is 5.20. The van der Waals surface area contributed by atoms with Crippen molar-refractivity contribution < 1.29 is 9.53 Å². The molecule has 1 heterocycles. The van der Waals surface area contributed by atoms with E-state index in [-0.39, 0.29) is 5.91 Å². The normalized spacial score (nSPS) is 18.2. The average Bonchev–Trinajstić information content (AvgIpc) is 2.39. The van der Waals surface area contributed by atoms with Crippen LogP contribution >= 0.6 is 11.6 Å². The van der Waals surface area contributed by atoms with E-state index in [1.54, 1.807) is 4.90 Å². The Morgan fingerprint density at radius 2 is 1.88 bits per heavy atom. The van der Waals surface area contributed by atoms with Crippen LogP contribution in [0.3, 0.4) is 0 Å². The molecule has 1 saturated heterocycles. The molecule has 3 nitrogen and oxygen atoms in total. The fourth-order valence-electron chi connectivity index (χ4n) is 1.71. The first-order valence-electron chi connectivity index (χ1n) is 5.34. The summed E-state index contributed by atoms with van der Waals surface area (Å²) in [5.74, 6) is -0.0313. The van der Waals surface area contributed by atoms with Gasteiger partial charge in [-0.25, -0.2) is 0 Å². The maximum absolute atomic E-state index is 12.0. The lowest BCUT2D eigenvalue weighted by Gasteiger charge is -2.28. The third-order valence-electron chi connectivity index (χ3n) is 2.63. The summed E-state index contributed by atoms with van der Waals surface area (Å²) in [5.41, 5.74) is 0.848. The van der Waals surface area contributed by atoms with Crippen molar-refractivity contribution >= 4 is 17.5 Å². The van der Waals surface area contributed by atoms with Crippen molar-refractivity contribution in [2.24, 2.45) is 0 Å². The largest absolute Gasteiger partial charge is 0.378 e. The van der Waals surface area contributed by atoms with E-state index < -0.39 is 5.38 Å². The van der Waals surface area contributed by atoms with Crippen molar-refractivity contribution in [3.63, 3.8) is 0 Å². The fraction of sp³-hybridized carbons (Fsp3) is 0.417. The third-order valence-corrected chi connectivity index (χ3v) is 3.07. The lowest BCUT2D eigenvalue weighted by molar-refractivity contribution is -0.134. The first-order chi connectivity index (χ1) is 7.79. The van der Waals surface area contributed by atoms with Crippen LogP contribution in [0, 0.1) is 0 Å². The lowest BCUT2D eigenvalue weighted by atomic mass is 10.1. The van der Waals surface area contributed by atoms with Crippen molar-refractivity contribution in [1.82, 2.24) is 4.90 Å². The predicted molar refractivity (Wildman–Crippen MR) is 62.4 cm³/mol. The Hall–Kier alpha value is -1.06. The Morgan fingerprint density at radius 3 is 2.50 bits per heavy atom. The molecule has 0 aromatic heterocycles. The van der Waals surface area contributed by atoms with E-state index in [0.29, 0.717) is 26.3 Å². The molecule has 0 spiro atoms. The van der Waals surface area contributed by atoms with E-state index in [1.807, 2.05) is 30.3 Å². The van der Waals surface area contributed by atoms with Crippen LogP contribution in [0.15, 0.2) is 30.3 Å². The zero-order valence-corrected chi connectivity index (χ0v) is 9.69. The topological polar surface area (TPSA) is 29.5 Å². The molecular formula is C12H14ClNO2. The molecule has 1 amide bonds. The van der Waals surface area contributed by atoms with Crippen molar-refractivity contribution in [1.29, 1.82) is 0 Å². The van der Waals surface area contributed by atoms with Crippen LogP contribution in [0.1, 0.15) is 10.9 Å². The molecule has 0 radical (unpaired) electrons. The summed E-state index contributed by atoms with van der Waals surface area (Å²) in [6, 6.07) is 9.42. The molecule has 16 heavy (non-hydrogen) atoms. The second-order valence-electron chi connectivity index (χ2n) is 3.71. The van der Waals surface area contributed by atoms with E-state index in [0.717, 1.165) is 5.56 Å². The van der Waals surface area contributed by atoms with Crippen LogP contribution in [0.4, 0.5) is 0 Å². The van der Waals surface area contributed by atoms with Gasteiger partial charge in [0.2, 0.25) is 5.91 Å². The van der Waals surface area contributed by atoms with Gasteiger partial charge in [0, 0.05) is 13.1 Å². The molecular weight excluding hydrogens is 226 g/mol. The zero-order chi connectivity index (χ0) is 11.4. The number of halogens is 1. The standard InChI is InChI=1S/C12H14ClNO2/c13-11(10-4-2-1-3-5-10)12(15)14-6-8-16-9-7-14/h1-5,11H,6-9H2/t11-/m1/s1. The summed E-state index contributed by atoms with van der Waals surface area (Å²) >= 11 is 6.16. The highest BCUT2D eigenvalue weighted by atomic mass is 35.5. The number of nitrogens with zero attached hydrogens (tertiary/aromatic N) is 1. The van der Waals surface area contributed by atoms with Gasteiger partial charge in [-0.05, 0) is 5.56 Å². The number of carbonyl (C=O) groups excluding carboxylic acids is 1. The lowest BCUT2D eigenvalue weighted by Crippen LogP contribution is -2.42. The highest BCUT2D eigenvalue weighted by molar-refractivity contribution is 6.30. The summed E-state index contributed by atoms with van der Waals surface area (Å²) in [6.45, 7) is 2.47. The molecule has 1 aromatic rings. The van der Waals surface area contributed by atoms with Crippen molar-refractivity contribution in [3.8, 4) is 0 Å². The van der Waals surface area contributed by atoms with Gasteiger partial charge in [-0.1, -0.05) is 30.3 Å². The highest BCUT2D eigenvalue weighted by Gasteiger charge is 2.24. The summed E-state index contributed by atoms with van der Waals surface area (Å²) in [5, 5.41) is -0.584. The molecule has 1 aromatic carbocycles. The number of alkyl halides is 1. The predicted octanol–water partition coefficient (Wildman–Crippen LogP) is 1.83. The van der Waals surface area contributed by atoms with Gasteiger partial charge in [0.15, 0.2) is 0 Å². The van der Waals surface area contributed by atoms with E-state index in [1.165, 1.54) is 0 Å². The van der Waals surface area contributed by atoms with Gasteiger partial charge in [0.05, 0.1) is 13.2 Å². The zero-order valence-electron chi connectivity index (χ0n) is 8.93. The Bertz CT molecular complexity index is 349. The number of morpholine rings is 1. The molecule has 2 rings (SSSR count). The van der Waals surface area contributed by atoms with Crippen molar-refractivity contribution in [2.45, 2.75) is 5.38 Å². The third kappa shape index (κ3) is 2.54. The number of ether oxygens (including phenoxy) is 1. The molecule has 0 bridgehead atoms. The first-order valence-corrected chi connectivity index (χ1v) is 5.78. The Kier molecular flexibility index (Phi) is 3.80. The van der Waals surface area contributed by atoms with Gasteiger partial charge >= 0.3 is 0 Å². The van der Waals surface area contributed by atoms with Gasteiger partial charge in [0.25, 0.3) is 0 Å². The number of rotatable bonds is 2. The van der Waals surface area contributed by atoms with E-state index >= 15 is 0 Å². The number of benzene rings is 1. The van der Waals surface area contributed by atoms with Gasteiger partial charge in [-0.2, -0.15) is 0 Å². The first kappa shape index (κ1) is 11.4. The maximum Gasteiger partial charge on any atom is 0.245 e. The molecule has 0 N–H and O–H groups in total. The fourth-order valence-corrected chi connectivity index (χ4v) is 1.99. The summed E-state index contributed by atoms with van der Waals surface area (Å²) in [4.78, 5) is 13.8. The Labute approximate surface area is 100.0 Å². The summed E-state index contributed by atoms with van der Waals surface area (Å²) in [6.07, 6.45) is 0. The highest BCUT2D eigenvalue weighted by Crippen LogP contribution is 2.22. The van der Waals surface area contributed by atoms with Gasteiger partial charge in [-0.15, -0.1) is 11.6 Å². The van der Waals surface area contributed by atoms with Crippen LogP contribution in [0.2, 0.25) is 0 Å². The smallest absolute Gasteiger partial charge is 0.245 e. The Morgan fingerprint density at radius 1 is 1.25 bits per heavy atom. The molecule has 0 aliphatic carbocycles. The number of carbonyl (C=O) groups is 1. The van der Waals surface area contributed by atoms with Crippen molar-refractivity contribution in [2.75, 3.05) is 26.3 Å². The molecule has 0 unspecified atom stereocenters. The van der Waals surface area contributed by atoms with Crippen molar-refractivity contribution in [3.05, 3.63) is 35.9 Å². The van der Waals surface area contributed by atoms with E-state index in [2.05, 4.69) is 0 Å². The quantitative estimate of drug-likeness (QED) is 0.737. The number of amides is 1. The molecule has 1 aliphatic rings. The second kappa shape index (κ2) is 5.32. The second-order valence-corrected chi connectivity index (χ2v) is 4.15. The van der Waals surface area contributed by atoms with Gasteiger partial charge in [0.1, 0.15) is 5.38 Å². The van der Waals surface area contributed by atoms with Crippen LogP contribution < -0.4 is 0 Å². The molecule has 1 aliphatic heterocycles. The van der Waals surface area contributed by atoms with E-state index in [4.69, 9.17) is 16.3 Å². The number of hydrogen-bond donors (Lipinski definition) is 0. The molecule has 1 atom stereocenters. The molecule has 1 fully saturated rings. The Balaban J connectivity index is 2.04. The van der Waals surface area contributed by atoms with Crippen LogP contribution in [-0.2, 0) is 9.53 Å². The van der Waals surface area contributed by atoms with Gasteiger partial charge < -0.3 is 9.64 Å². The van der Waals surface area contributed by atoms with E-state index in [9.17, 15) is 4.79 Å². The monoisotopic (exact) mass is 239 g/mol.